The summed E-state index contributed by atoms with van der Waals surface area (Å²) < 4.78 is 5.49. The molecule has 0 atom stereocenters. The van der Waals surface area contributed by atoms with Gasteiger partial charge in [-0.25, -0.2) is 0 Å². The summed E-state index contributed by atoms with van der Waals surface area (Å²) in [7, 11) is 1.69. The quantitative estimate of drug-likeness (QED) is 0.764. The highest BCUT2D eigenvalue weighted by Crippen LogP contribution is 2.34. The normalized spacial score (nSPS) is 17.3. The molecule has 2 heterocycles. The van der Waals surface area contributed by atoms with Crippen LogP contribution in [0.25, 0.3) is 0 Å². The highest BCUT2D eigenvalue weighted by Gasteiger charge is 2.26. The number of nitrogens with zero attached hydrogens (tertiary/aromatic N) is 3. The summed E-state index contributed by atoms with van der Waals surface area (Å²) in [5.74, 6) is 1.11. The third-order valence-electron chi connectivity index (χ3n) is 5.97. The lowest BCUT2D eigenvalue weighted by Gasteiger charge is -2.37. The molecule has 2 aromatic rings. The van der Waals surface area contributed by atoms with Gasteiger partial charge in [0.1, 0.15) is 5.75 Å². The van der Waals surface area contributed by atoms with E-state index in [4.69, 9.17) is 10.5 Å². The lowest BCUT2D eigenvalue weighted by atomic mass is 10.00. The Kier molecular flexibility index (Phi) is 5.90. The van der Waals surface area contributed by atoms with Crippen LogP contribution in [0.15, 0.2) is 42.5 Å². The number of fused-ring (bicyclic) bond motifs is 1. The molecule has 2 N–H and O–H groups in total. The van der Waals surface area contributed by atoms with E-state index in [1.54, 1.807) is 7.11 Å². The highest BCUT2D eigenvalue weighted by atomic mass is 16.5. The molecule has 154 valence electrons. The van der Waals surface area contributed by atoms with Gasteiger partial charge >= 0.3 is 0 Å². The van der Waals surface area contributed by atoms with Crippen molar-refractivity contribution in [1.82, 2.24) is 4.90 Å². The number of piperazine rings is 1. The molecule has 4 rings (SSSR count). The molecule has 2 aromatic carbocycles. The van der Waals surface area contributed by atoms with Crippen molar-refractivity contribution < 1.29 is 9.53 Å². The van der Waals surface area contributed by atoms with Gasteiger partial charge in [-0.3, -0.25) is 9.69 Å². The minimum Gasteiger partial charge on any atom is -0.496 e. The Morgan fingerprint density at radius 1 is 1.00 bits per heavy atom. The van der Waals surface area contributed by atoms with Crippen molar-refractivity contribution in [2.24, 2.45) is 0 Å². The zero-order chi connectivity index (χ0) is 20.2. The molecule has 2 aliphatic rings. The predicted octanol–water partition coefficient (Wildman–Crippen LogP) is 2.77. The van der Waals surface area contributed by atoms with Gasteiger partial charge in [-0.15, -0.1) is 0 Å². The third kappa shape index (κ3) is 4.32. The van der Waals surface area contributed by atoms with Crippen LogP contribution in [0.5, 0.6) is 5.75 Å². The Morgan fingerprint density at radius 3 is 2.55 bits per heavy atom. The number of carbonyl (C=O) groups excluding carboxylic acids is 1. The topological polar surface area (TPSA) is 62.0 Å². The van der Waals surface area contributed by atoms with Crippen molar-refractivity contribution in [3.8, 4) is 5.75 Å². The first-order valence-electron chi connectivity index (χ1n) is 10.4. The van der Waals surface area contributed by atoms with Crippen molar-refractivity contribution in [3.05, 3.63) is 48.0 Å². The number of ether oxygens (including phenoxy) is 1. The Morgan fingerprint density at radius 2 is 1.79 bits per heavy atom. The molecule has 0 radical (unpaired) electrons. The molecule has 0 unspecified atom stereocenters. The van der Waals surface area contributed by atoms with Gasteiger partial charge in [0.2, 0.25) is 5.91 Å². The van der Waals surface area contributed by atoms with Gasteiger partial charge in [0.05, 0.1) is 12.8 Å². The van der Waals surface area contributed by atoms with E-state index in [2.05, 4.69) is 15.9 Å². The molecule has 6 nitrogen and oxygen atoms in total. The molecule has 0 spiro atoms. The van der Waals surface area contributed by atoms with Gasteiger partial charge in [-0.1, -0.05) is 12.1 Å². The number of methoxy groups -OCH3 is 1. The van der Waals surface area contributed by atoms with Crippen LogP contribution in [-0.2, 0) is 11.2 Å². The Labute approximate surface area is 172 Å². The fourth-order valence-corrected chi connectivity index (χ4v) is 4.40. The number of amides is 1. The van der Waals surface area contributed by atoms with Crippen molar-refractivity contribution in [2.45, 2.75) is 19.3 Å². The maximum atomic E-state index is 12.5. The van der Waals surface area contributed by atoms with E-state index in [-0.39, 0.29) is 5.91 Å². The second-order valence-electron chi connectivity index (χ2n) is 7.78. The molecule has 29 heavy (non-hydrogen) atoms. The summed E-state index contributed by atoms with van der Waals surface area (Å²) in [4.78, 5) is 19.4. The average Bonchev–Trinajstić information content (AvgIpc) is 2.75. The number of rotatable bonds is 6. The van der Waals surface area contributed by atoms with Crippen LogP contribution in [0.3, 0.4) is 0 Å². The number of nitrogen functional groups attached to an aromatic ring is 1. The summed E-state index contributed by atoms with van der Waals surface area (Å²) in [5.41, 5.74) is 10.1. The van der Waals surface area contributed by atoms with Crippen LogP contribution in [0.2, 0.25) is 0 Å². The molecule has 0 saturated carbocycles. The predicted molar refractivity (Wildman–Crippen MR) is 118 cm³/mol. The lowest BCUT2D eigenvalue weighted by Crippen LogP contribution is -2.47. The van der Waals surface area contributed by atoms with Crippen LogP contribution in [-0.4, -0.2) is 57.2 Å². The molecular weight excluding hydrogens is 364 g/mol. The first kappa shape index (κ1) is 19.6. The van der Waals surface area contributed by atoms with Gasteiger partial charge in [-0.05, 0) is 49.7 Å². The Hall–Kier alpha value is -2.73. The molecular formula is C23H30N4O2. The fraction of sp³-hybridized carbons (Fsp3) is 0.435. The second kappa shape index (κ2) is 8.74. The third-order valence-corrected chi connectivity index (χ3v) is 5.97. The molecule has 0 aliphatic carbocycles. The monoisotopic (exact) mass is 394 g/mol. The van der Waals surface area contributed by atoms with Gasteiger partial charge in [0.25, 0.3) is 0 Å². The van der Waals surface area contributed by atoms with Crippen molar-refractivity contribution in [1.29, 1.82) is 0 Å². The number of anilines is 3. The van der Waals surface area contributed by atoms with Gasteiger partial charge in [-0.2, -0.15) is 0 Å². The summed E-state index contributed by atoms with van der Waals surface area (Å²) in [6, 6.07) is 14.1. The van der Waals surface area contributed by atoms with Crippen molar-refractivity contribution >= 4 is 23.0 Å². The molecule has 6 heteroatoms. The zero-order valence-corrected chi connectivity index (χ0v) is 17.1. The van der Waals surface area contributed by atoms with E-state index in [1.807, 2.05) is 41.3 Å². The molecule has 1 amide bonds. The number of carbonyl (C=O) groups is 1. The molecule has 2 aliphatic heterocycles. The first-order chi connectivity index (χ1) is 14.2. The zero-order valence-electron chi connectivity index (χ0n) is 17.1. The average molecular weight is 395 g/mol. The van der Waals surface area contributed by atoms with E-state index in [9.17, 15) is 4.79 Å². The molecule has 0 bridgehead atoms. The van der Waals surface area contributed by atoms with Crippen LogP contribution in [0.1, 0.15) is 18.4 Å². The largest absolute Gasteiger partial charge is 0.496 e. The fourth-order valence-electron chi connectivity index (χ4n) is 4.40. The summed E-state index contributed by atoms with van der Waals surface area (Å²) >= 11 is 0. The summed E-state index contributed by atoms with van der Waals surface area (Å²) in [6.45, 7) is 5.85. The standard InChI is InChI=1S/C23H30N4O2/c1-29-22-8-3-7-21-20(22)9-10-23(28)27(21)12-4-11-25-13-15-26(16-14-25)19-6-2-5-18(24)17-19/h2-3,5-8,17H,4,9-16,24H2,1H3. The van der Waals surface area contributed by atoms with Crippen molar-refractivity contribution in [2.75, 3.05) is 61.9 Å². The smallest absolute Gasteiger partial charge is 0.227 e. The Balaban J connectivity index is 1.30. The number of nitrogens with two attached hydrogens (primary N) is 1. The van der Waals surface area contributed by atoms with E-state index in [0.717, 1.165) is 74.8 Å². The number of hydrogen-bond acceptors (Lipinski definition) is 5. The van der Waals surface area contributed by atoms with E-state index < -0.39 is 0 Å². The van der Waals surface area contributed by atoms with Crippen molar-refractivity contribution in [3.63, 3.8) is 0 Å². The molecule has 0 aromatic heterocycles. The SMILES string of the molecule is COc1cccc2c1CCC(=O)N2CCCN1CCN(c2cccc(N)c2)CC1. The first-order valence-corrected chi connectivity index (χ1v) is 10.4. The van der Waals surface area contributed by atoms with Crippen LogP contribution >= 0.6 is 0 Å². The van der Waals surface area contributed by atoms with Crippen LogP contribution in [0, 0.1) is 0 Å². The highest BCUT2D eigenvalue weighted by molar-refractivity contribution is 5.96. The second-order valence-corrected chi connectivity index (χ2v) is 7.78. The van der Waals surface area contributed by atoms with Gasteiger partial charge < -0.3 is 20.3 Å². The maximum Gasteiger partial charge on any atom is 0.227 e. The lowest BCUT2D eigenvalue weighted by molar-refractivity contribution is -0.118. The number of hydrogen-bond donors (Lipinski definition) is 1. The van der Waals surface area contributed by atoms with Crippen LogP contribution in [0.4, 0.5) is 17.1 Å². The number of benzene rings is 2. The maximum absolute atomic E-state index is 12.5. The van der Waals surface area contributed by atoms with E-state index in [1.165, 1.54) is 5.69 Å². The van der Waals surface area contributed by atoms with Gasteiger partial charge in [0, 0.05) is 56.1 Å². The van der Waals surface area contributed by atoms with Gasteiger partial charge in [0.15, 0.2) is 0 Å². The Bertz CT molecular complexity index is 862. The van der Waals surface area contributed by atoms with Crippen LogP contribution < -0.4 is 20.3 Å². The molecule has 1 fully saturated rings. The molecule has 1 saturated heterocycles. The minimum atomic E-state index is 0.220. The van der Waals surface area contributed by atoms with E-state index >= 15 is 0 Å². The minimum absolute atomic E-state index is 0.220. The van der Waals surface area contributed by atoms with E-state index in [0.29, 0.717) is 6.42 Å². The summed E-state index contributed by atoms with van der Waals surface area (Å²) in [5, 5.41) is 0. The summed E-state index contributed by atoms with van der Waals surface area (Å²) in [6.07, 6.45) is 2.30.